The van der Waals surface area contributed by atoms with Gasteiger partial charge < -0.3 is 15.6 Å². The largest absolute Gasteiger partial charge is 0.454 e. The maximum atomic E-state index is 13.0. The van der Waals surface area contributed by atoms with E-state index in [2.05, 4.69) is 9.97 Å². The summed E-state index contributed by atoms with van der Waals surface area (Å²) < 4.78 is 5.74. The minimum Gasteiger partial charge on any atom is -0.454 e. The molecule has 0 aliphatic rings. The molecule has 1 heterocycles. The molecule has 7 heteroatoms. The molecule has 0 fully saturated rings. The average molecular weight is 470 g/mol. The Morgan fingerprint density at radius 3 is 2.03 bits per heavy atom. The number of fused-ring (bicyclic) bond motifs is 1. The van der Waals surface area contributed by atoms with Crippen molar-refractivity contribution >= 4 is 22.9 Å². The molecule has 7 nitrogen and oxygen atoms in total. The van der Waals surface area contributed by atoms with Crippen LogP contribution in [0, 0.1) is 5.92 Å². The Kier molecular flexibility index (Phi) is 7.80. The fourth-order valence-corrected chi connectivity index (χ4v) is 4.00. The van der Waals surface area contributed by atoms with Gasteiger partial charge >= 0.3 is 5.97 Å². The predicted molar refractivity (Wildman–Crippen MR) is 132 cm³/mol. The molecule has 1 amide bonds. The van der Waals surface area contributed by atoms with Crippen molar-refractivity contribution in [3.05, 3.63) is 108 Å². The summed E-state index contributed by atoms with van der Waals surface area (Å²) in [5.74, 6) is -1.83. The van der Waals surface area contributed by atoms with Gasteiger partial charge in [0.1, 0.15) is 6.10 Å². The summed E-state index contributed by atoms with van der Waals surface area (Å²) in [6.07, 6.45) is 0.0435. The minimum absolute atomic E-state index is 0.0460. The molecule has 3 atom stereocenters. The standard InChI is InChI=1S/C28H27N3O4/c29-27(33)21(15-19-9-3-1-4-10-19)17-25(32)26(16-20-11-5-2-6-12-20)35-28(34)24-18-30-22-13-7-8-14-23(22)31-24/h1-14,18,21,25-26,32H,15-17H2,(H2,29,33)/t21-,25+,26+/m1/s1. The van der Waals surface area contributed by atoms with Gasteiger partial charge in [0.2, 0.25) is 5.91 Å². The number of aromatic nitrogens is 2. The number of esters is 1. The molecular weight excluding hydrogens is 442 g/mol. The van der Waals surface area contributed by atoms with Crippen molar-refractivity contribution in [1.29, 1.82) is 0 Å². The quantitative estimate of drug-likeness (QED) is 0.344. The van der Waals surface area contributed by atoms with E-state index >= 15 is 0 Å². The Bertz CT molecular complexity index is 1280. The molecule has 0 bridgehead atoms. The van der Waals surface area contributed by atoms with Crippen molar-refractivity contribution in [2.75, 3.05) is 0 Å². The lowest BCUT2D eigenvalue weighted by Gasteiger charge is -2.26. The van der Waals surface area contributed by atoms with E-state index < -0.39 is 30.0 Å². The number of carbonyl (C=O) groups is 2. The highest BCUT2D eigenvalue weighted by Gasteiger charge is 2.30. The number of carbonyl (C=O) groups excluding carboxylic acids is 2. The van der Waals surface area contributed by atoms with Gasteiger partial charge in [-0.2, -0.15) is 0 Å². The van der Waals surface area contributed by atoms with E-state index in [-0.39, 0.29) is 18.5 Å². The molecule has 3 aromatic carbocycles. The first-order valence-corrected chi connectivity index (χ1v) is 11.5. The molecule has 4 rings (SSSR count). The number of para-hydroxylation sites is 2. The van der Waals surface area contributed by atoms with Gasteiger partial charge in [-0.15, -0.1) is 0 Å². The summed E-state index contributed by atoms with van der Waals surface area (Å²) >= 11 is 0. The van der Waals surface area contributed by atoms with Crippen molar-refractivity contribution in [1.82, 2.24) is 9.97 Å². The number of rotatable bonds is 10. The van der Waals surface area contributed by atoms with E-state index in [9.17, 15) is 14.7 Å². The van der Waals surface area contributed by atoms with Crippen LogP contribution in [0.3, 0.4) is 0 Å². The van der Waals surface area contributed by atoms with E-state index in [0.717, 1.165) is 11.1 Å². The van der Waals surface area contributed by atoms with Gasteiger partial charge in [-0.25, -0.2) is 9.78 Å². The lowest BCUT2D eigenvalue weighted by Crippen LogP contribution is -2.38. The van der Waals surface area contributed by atoms with Crippen molar-refractivity contribution < 1.29 is 19.4 Å². The number of hydrogen-bond acceptors (Lipinski definition) is 6. The number of hydrogen-bond donors (Lipinski definition) is 2. The Labute approximate surface area is 203 Å². The smallest absolute Gasteiger partial charge is 0.358 e. The Balaban J connectivity index is 1.53. The SMILES string of the molecule is NC(=O)[C@H](Cc1ccccc1)C[C@H](O)[C@H](Cc1ccccc1)OC(=O)c1cnc2ccccc2n1. The molecule has 0 radical (unpaired) electrons. The van der Waals surface area contributed by atoms with Gasteiger partial charge in [0.15, 0.2) is 5.69 Å². The zero-order chi connectivity index (χ0) is 24.6. The van der Waals surface area contributed by atoms with Crippen LogP contribution >= 0.6 is 0 Å². The summed E-state index contributed by atoms with van der Waals surface area (Å²) in [5.41, 5.74) is 8.75. The molecule has 3 N–H and O–H groups in total. The maximum absolute atomic E-state index is 13.0. The molecule has 4 aromatic rings. The second-order valence-electron chi connectivity index (χ2n) is 8.47. The molecule has 0 aliphatic carbocycles. The lowest BCUT2D eigenvalue weighted by molar-refractivity contribution is -0.123. The van der Waals surface area contributed by atoms with Gasteiger partial charge in [-0.05, 0) is 36.1 Å². The number of ether oxygens (including phenoxy) is 1. The third kappa shape index (κ3) is 6.49. The van der Waals surface area contributed by atoms with Crippen LogP contribution in [-0.4, -0.2) is 39.2 Å². The third-order valence-corrected chi connectivity index (χ3v) is 5.88. The molecular formula is C28H27N3O4. The molecule has 0 saturated carbocycles. The highest BCUT2D eigenvalue weighted by molar-refractivity contribution is 5.89. The van der Waals surface area contributed by atoms with Crippen LogP contribution in [0.4, 0.5) is 0 Å². The van der Waals surface area contributed by atoms with E-state index in [1.807, 2.05) is 72.8 Å². The number of primary amides is 1. The summed E-state index contributed by atoms with van der Waals surface area (Å²) in [4.78, 5) is 33.8. The van der Waals surface area contributed by atoms with E-state index in [1.165, 1.54) is 6.20 Å². The Morgan fingerprint density at radius 2 is 1.40 bits per heavy atom. The van der Waals surface area contributed by atoms with Crippen molar-refractivity contribution in [3.8, 4) is 0 Å². The third-order valence-electron chi connectivity index (χ3n) is 5.88. The number of benzene rings is 3. The molecule has 0 spiro atoms. The van der Waals surface area contributed by atoms with Gasteiger partial charge in [0, 0.05) is 12.3 Å². The summed E-state index contributed by atoms with van der Waals surface area (Å²) in [7, 11) is 0. The Morgan fingerprint density at radius 1 is 0.829 bits per heavy atom. The average Bonchev–Trinajstić information content (AvgIpc) is 2.88. The summed E-state index contributed by atoms with van der Waals surface area (Å²) in [6, 6.07) is 26.1. The van der Waals surface area contributed by atoms with Crippen LogP contribution in [0.15, 0.2) is 91.1 Å². The number of nitrogens with two attached hydrogens (primary N) is 1. The number of amides is 1. The first kappa shape index (κ1) is 24.0. The number of aliphatic hydroxyl groups excluding tert-OH is 1. The number of aliphatic hydroxyl groups is 1. The van der Waals surface area contributed by atoms with Crippen molar-refractivity contribution in [2.45, 2.75) is 31.5 Å². The fourth-order valence-electron chi connectivity index (χ4n) is 4.00. The van der Waals surface area contributed by atoms with E-state index in [1.54, 1.807) is 12.1 Å². The van der Waals surface area contributed by atoms with Gasteiger partial charge in [0.05, 0.1) is 23.3 Å². The van der Waals surface area contributed by atoms with Crippen LogP contribution in [0.25, 0.3) is 11.0 Å². The normalized spacial score (nSPS) is 13.6. The zero-order valence-corrected chi connectivity index (χ0v) is 19.2. The van der Waals surface area contributed by atoms with Crippen LogP contribution in [0.5, 0.6) is 0 Å². The van der Waals surface area contributed by atoms with E-state index in [0.29, 0.717) is 17.5 Å². The predicted octanol–water partition coefficient (Wildman–Crippen LogP) is 3.49. The van der Waals surface area contributed by atoms with Gasteiger partial charge in [0.25, 0.3) is 0 Å². The monoisotopic (exact) mass is 469 g/mol. The Hall–Kier alpha value is -4.10. The highest BCUT2D eigenvalue weighted by Crippen LogP contribution is 2.21. The first-order chi connectivity index (χ1) is 17.0. The highest BCUT2D eigenvalue weighted by atomic mass is 16.6. The molecule has 0 saturated heterocycles. The second-order valence-corrected chi connectivity index (χ2v) is 8.47. The fraction of sp³-hybridized carbons (Fsp3) is 0.214. The lowest BCUT2D eigenvalue weighted by atomic mass is 9.90. The van der Waals surface area contributed by atoms with Crippen molar-refractivity contribution in [2.24, 2.45) is 11.7 Å². The van der Waals surface area contributed by atoms with Crippen molar-refractivity contribution in [3.63, 3.8) is 0 Å². The molecule has 35 heavy (non-hydrogen) atoms. The maximum Gasteiger partial charge on any atom is 0.358 e. The summed E-state index contributed by atoms with van der Waals surface area (Å²) in [5, 5.41) is 11.1. The van der Waals surface area contributed by atoms with Crippen LogP contribution in [-0.2, 0) is 22.4 Å². The molecule has 0 aliphatic heterocycles. The topological polar surface area (TPSA) is 115 Å². The number of nitrogens with zero attached hydrogens (tertiary/aromatic N) is 2. The zero-order valence-electron chi connectivity index (χ0n) is 19.2. The van der Waals surface area contributed by atoms with Gasteiger partial charge in [-0.1, -0.05) is 72.8 Å². The van der Waals surface area contributed by atoms with Crippen LogP contribution in [0.2, 0.25) is 0 Å². The minimum atomic E-state index is -1.12. The van der Waals surface area contributed by atoms with Crippen LogP contribution < -0.4 is 5.73 Å². The van der Waals surface area contributed by atoms with Crippen LogP contribution in [0.1, 0.15) is 28.0 Å². The molecule has 178 valence electrons. The molecule has 0 unspecified atom stereocenters. The van der Waals surface area contributed by atoms with Gasteiger partial charge in [-0.3, -0.25) is 9.78 Å². The first-order valence-electron chi connectivity index (χ1n) is 11.5. The van der Waals surface area contributed by atoms with E-state index in [4.69, 9.17) is 10.5 Å². The second kappa shape index (κ2) is 11.4. The molecule has 1 aromatic heterocycles. The summed E-state index contributed by atoms with van der Waals surface area (Å²) in [6.45, 7) is 0.